The highest BCUT2D eigenvalue weighted by molar-refractivity contribution is 7.91. The number of sulfone groups is 1. The summed E-state index contributed by atoms with van der Waals surface area (Å²) in [5.41, 5.74) is 0.736. The molecule has 0 spiro atoms. The minimum absolute atomic E-state index is 0.0213. The molecule has 57 heavy (non-hydrogen) atoms. The van der Waals surface area contributed by atoms with Gasteiger partial charge in [-0.05, 0) is 41.5 Å². The third-order valence-corrected chi connectivity index (χ3v) is 12.7. The van der Waals surface area contributed by atoms with E-state index >= 15 is 0 Å². The second kappa shape index (κ2) is 23.1. The van der Waals surface area contributed by atoms with Crippen molar-refractivity contribution in [2.45, 2.75) is 115 Å². The summed E-state index contributed by atoms with van der Waals surface area (Å²) in [6, 6.07) is 11.3. The number of morpholine rings is 1. The number of rotatable bonds is 22. The largest absolute Gasteiger partial charge is 0.462 e. The zero-order valence-corrected chi connectivity index (χ0v) is 34.6. The molecule has 0 aromatic heterocycles. The summed E-state index contributed by atoms with van der Waals surface area (Å²) >= 11 is 0. The van der Waals surface area contributed by atoms with Crippen molar-refractivity contribution in [3.8, 4) is 0 Å². The standard InChI is InChI=1S/C42H63N3O11S/c1-4-5-18-37(42(51)44-38(23-31-12-7-6-8-13-31)40(49)39(48)25-45-19-21-54-22-20-45)43-41(50)34(24-33-16-11-15-32-14-9-10-17-36(32)33)27-57(52,53)28-35(56-30(3)47)26-55-29(2)46/h9-11,14-17,31,34-35,37-40,48-49H,4-8,12-13,18-28H2,1-3H3,(H,43,50)(H,44,51)/t34-,35?,37+,38+,39+,40-/m1/s1. The van der Waals surface area contributed by atoms with Crippen LogP contribution in [-0.4, -0.2) is 129 Å². The maximum atomic E-state index is 14.4. The molecule has 1 saturated heterocycles. The molecule has 318 valence electrons. The zero-order chi connectivity index (χ0) is 41.4. The Hall–Kier alpha value is -3.63. The lowest BCUT2D eigenvalue weighted by Crippen LogP contribution is -2.57. The molecule has 14 nitrogen and oxygen atoms in total. The van der Waals surface area contributed by atoms with Crippen LogP contribution >= 0.6 is 0 Å². The molecule has 2 fully saturated rings. The van der Waals surface area contributed by atoms with Crippen molar-refractivity contribution in [1.29, 1.82) is 0 Å². The Bertz CT molecular complexity index is 1710. The van der Waals surface area contributed by atoms with Gasteiger partial charge in [-0.1, -0.05) is 94.3 Å². The lowest BCUT2D eigenvalue weighted by molar-refractivity contribution is -0.154. The summed E-state index contributed by atoms with van der Waals surface area (Å²) in [5.74, 6) is -4.83. The number of carbonyl (C=O) groups is 4. The molecule has 2 aliphatic rings. The van der Waals surface area contributed by atoms with E-state index in [0.717, 1.165) is 68.7 Å². The highest BCUT2D eigenvalue weighted by atomic mass is 32.2. The number of nitrogens with one attached hydrogen (secondary N) is 2. The number of amides is 2. The number of esters is 2. The first-order chi connectivity index (χ1) is 27.2. The van der Waals surface area contributed by atoms with Gasteiger partial charge in [0.25, 0.3) is 0 Å². The molecule has 1 aliphatic carbocycles. The van der Waals surface area contributed by atoms with Gasteiger partial charge in [0, 0.05) is 33.5 Å². The fourth-order valence-corrected chi connectivity index (χ4v) is 9.67. The molecule has 4 rings (SSSR count). The third kappa shape index (κ3) is 15.6. The Labute approximate surface area is 337 Å². The van der Waals surface area contributed by atoms with Crippen LogP contribution in [0, 0.1) is 11.8 Å². The second-order valence-corrected chi connectivity index (χ2v) is 17.8. The van der Waals surface area contributed by atoms with E-state index in [-0.39, 0.29) is 25.3 Å². The molecule has 2 aromatic carbocycles. The number of benzene rings is 2. The van der Waals surface area contributed by atoms with E-state index in [4.69, 9.17) is 14.2 Å². The summed E-state index contributed by atoms with van der Waals surface area (Å²) < 4.78 is 43.1. The number of aliphatic hydroxyl groups is 2. The molecule has 2 aromatic rings. The van der Waals surface area contributed by atoms with Crippen molar-refractivity contribution in [3.63, 3.8) is 0 Å². The maximum Gasteiger partial charge on any atom is 0.303 e. The zero-order valence-electron chi connectivity index (χ0n) is 33.7. The van der Waals surface area contributed by atoms with Crippen LogP contribution in [0.2, 0.25) is 0 Å². The van der Waals surface area contributed by atoms with E-state index in [2.05, 4.69) is 10.6 Å². The van der Waals surface area contributed by atoms with E-state index in [9.17, 15) is 37.8 Å². The molecule has 0 bridgehead atoms. The van der Waals surface area contributed by atoms with E-state index in [1.165, 1.54) is 0 Å². The maximum absolute atomic E-state index is 14.4. The topological polar surface area (TPSA) is 198 Å². The van der Waals surface area contributed by atoms with Crippen LogP contribution in [0.3, 0.4) is 0 Å². The first-order valence-electron chi connectivity index (χ1n) is 20.5. The molecule has 1 saturated carbocycles. The number of fused-ring (bicyclic) bond motifs is 1. The lowest BCUT2D eigenvalue weighted by atomic mass is 9.83. The van der Waals surface area contributed by atoms with E-state index < -0.39 is 88.0 Å². The first-order valence-corrected chi connectivity index (χ1v) is 22.3. The monoisotopic (exact) mass is 817 g/mol. The molecule has 1 aliphatic heterocycles. The highest BCUT2D eigenvalue weighted by Gasteiger charge is 2.36. The molecule has 2 amide bonds. The van der Waals surface area contributed by atoms with Crippen molar-refractivity contribution in [1.82, 2.24) is 15.5 Å². The number of β-amino-alcohol motifs (C(OH)–C–C–N with tert-alkyl or cyclic N) is 1. The Morgan fingerprint density at radius 3 is 2.30 bits per heavy atom. The molecule has 1 unspecified atom stereocenters. The predicted octanol–water partition coefficient (Wildman–Crippen LogP) is 3.09. The lowest BCUT2D eigenvalue weighted by Gasteiger charge is -2.35. The van der Waals surface area contributed by atoms with Gasteiger partial charge in [0.1, 0.15) is 24.9 Å². The van der Waals surface area contributed by atoms with Crippen LogP contribution in [0.4, 0.5) is 0 Å². The average Bonchev–Trinajstić information content (AvgIpc) is 3.18. The van der Waals surface area contributed by atoms with Crippen LogP contribution in [0.1, 0.15) is 84.1 Å². The van der Waals surface area contributed by atoms with Crippen molar-refractivity contribution in [2.24, 2.45) is 11.8 Å². The van der Waals surface area contributed by atoms with E-state index in [1.54, 1.807) is 0 Å². The smallest absolute Gasteiger partial charge is 0.303 e. The van der Waals surface area contributed by atoms with Gasteiger partial charge >= 0.3 is 11.9 Å². The molecule has 6 atom stereocenters. The number of unbranched alkanes of at least 4 members (excludes halogenated alkanes) is 1. The minimum Gasteiger partial charge on any atom is -0.462 e. The SMILES string of the molecule is CCCC[C@H](NC(=O)[C@H](Cc1cccc2ccccc12)CS(=O)(=O)CC(COC(C)=O)OC(C)=O)C(=O)N[C@@H](CC1CCCCC1)[C@@H](O)[C@@H](O)CN1CCOCC1. The van der Waals surface area contributed by atoms with Crippen molar-refractivity contribution >= 4 is 44.4 Å². The summed E-state index contributed by atoms with van der Waals surface area (Å²) in [4.78, 5) is 53.9. The van der Waals surface area contributed by atoms with Gasteiger partial charge in [-0.2, -0.15) is 0 Å². The Morgan fingerprint density at radius 2 is 1.61 bits per heavy atom. The van der Waals surface area contributed by atoms with Crippen LogP contribution in [0.25, 0.3) is 10.8 Å². The molecule has 0 radical (unpaired) electrons. The average molecular weight is 818 g/mol. The predicted molar refractivity (Wildman–Crippen MR) is 216 cm³/mol. The van der Waals surface area contributed by atoms with Crippen molar-refractivity contribution in [3.05, 3.63) is 48.0 Å². The normalized spacial score (nSPS) is 18.8. The van der Waals surface area contributed by atoms with Gasteiger partial charge in [0.2, 0.25) is 11.8 Å². The number of hydrogen-bond acceptors (Lipinski definition) is 12. The Balaban J connectivity index is 1.59. The van der Waals surface area contributed by atoms with Crippen molar-refractivity contribution < 1.29 is 52.0 Å². The van der Waals surface area contributed by atoms with E-state index in [0.29, 0.717) is 39.1 Å². The molecular weight excluding hydrogens is 755 g/mol. The number of nitrogens with zero attached hydrogens (tertiary/aromatic N) is 1. The summed E-state index contributed by atoms with van der Waals surface area (Å²) in [5, 5.41) is 30.4. The third-order valence-electron chi connectivity index (χ3n) is 10.9. The minimum atomic E-state index is -4.14. The van der Waals surface area contributed by atoms with Gasteiger partial charge in [0.15, 0.2) is 9.84 Å². The second-order valence-electron chi connectivity index (χ2n) is 15.7. The molecule has 15 heteroatoms. The summed E-state index contributed by atoms with van der Waals surface area (Å²) in [6.45, 7) is 6.31. The molecular formula is C42H63N3O11S. The van der Waals surface area contributed by atoms with Gasteiger partial charge in [-0.15, -0.1) is 0 Å². The van der Waals surface area contributed by atoms with Gasteiger partial charge in [-0.3, -0.25) is 24.1 Å². The number of ether oxygens (including phenoxy) is 3. The van der Waals surface area contributed by atoms with Crippen LogP contribution < -0.4 is 10.6 Å². The van der Waals surface area contributed by atoms with Gasteiger partial charge in [0.05, 0.1) is 42.8 Å². The fourth-order valence-electron chi connectivity index (χ4n) is 7.92. The highest BCUT2D eigenvalue weighted by Crippen LogP contribution is 2.29. The number of aliphatic hydroxyl groups excluding tert-OH is 2. The molecule has 4 N–H and O–H groups in total. The molecule has 1 heterocycles. The first kappa shape index (κ1) is 46.1. The van der Waals surface area contributed by atoms with Gasteiger partial charge < -0.3 is 35.1 Å². The number of hydrogen-bond donors (Lipinski definition) is 4. The van der Waals surface area contributed by atoms with E-state index in [1.807, 2.05) is 54.3 Å². The fraction of sp³-hybridized carbons (Fsp3) is 0.667. The quantitative estimate of drug-likeness (QED) is 0.127. The van der Waals surface area contributed by atoms with Crippen LogP contribution in [0.15, 0.2) is 42.5 Å². The number of carbonyl (C=O) groups excluding carboxylic acids is 4. The summed E-state index contributed by atoms with van der Waals surface area (Å²) in [7, 11) is -4.14. The van der Waals surface area contributed by atoms with Crippen molar-refractivity contribution in [2.75, 3.05) is 51.0 Å². The Kier molecular flexibility index (Phi) is 18.7. The summed E-state index contributed by atoms with van der Waals surface area (Å²) in [6.07, 6.45) is 3.54. The van der Waals surface area contributed by atoms with Crippen LogP contribution in [0.5, 0.6) is 0 Å². The Morgan fingerprint density at radius 1 is 0.912 bits per heavy atom. The van der Waals surface area contributed by atoms with Crippen LogP contribution in [-0.2, 0) is 49.6 Å². The van der Waals surface area contributed by atoms with Gasteiger partial charge in [-0.25, -0.2) is 8.42 Å².